The molecule has 0 N–H and O–H groups in total. The Morgan fingerprint density at radius 2 is 1.87 bits per heavy atom. The number of carbonyl (C=O) groups excluding carboxylic acids is 1. The number of ether oxygens (including phenoxy) is 1. The molecule has 4 heterocycles. The highest BCUT2D eigenvalue weighted by atomic mass is 19.4. The third-order valence-corrected chi connectivity index (χ3v) is 5.61. The first kappa shape index (κ1) is 20.4. The van der Waals surface area contributed by atoms with Gasteiger partial charge in [0.2, 0.25) is 0 Å². The predicted octanol–water partition coefficient (Wildman–Crippen LogP) is 3.49. The molecule has 0 aliphatic carbocycles. The SMILES string of the molecule is CCCOc1cccnc1C(=O)N1CC2CN(c3ccc(C(F)(F)F)cn3)CC2C1. The van der Waals surface area contributed by atoms with Crippen LogP contribution in [0.2, 0.25) is 0 Å². The van der Waals surface area contributed by atoms with Crippen molar-refractivity contribution in [3.05, 3.63) is 47.9 Å². The number of fused-ring (bicyclic) bond motifs is 1. The molecule has 2 aromatic heterocycles. The molecule has 4 rings (SSSR count). The molecule has 0 bridgehead atoms. The Hall–Kier alpha value is -2.84. The first-order chi connectivity index (χ1) is 14.4. The van der Waals surface area contributed by atoms with E-state index in [4.69, 9.17) is 4.74 Å². The number of rotatable bonds is 5. The molecule has 0 aromatic carbocycles. The second-order valence-electron chi connectivity index (χ2n) is 7.74. The van der Waals surface area contributed by atoms with Crippen molar-refractivity contribution >= 4 is 11.7 Å². The highest BCUT2D eigenvalue weighted by Gasteiger charge is 2.43. The zero-order chi connectivity index (χ0) is 21.3. The molecule has 9 heteroatoms. The second kappa shape index (κ2) is 8.12. The lowest BCUT2D eigenvalue weighted by Gasteiger charge is -2.23. The van der Waals surface area contributed by atoms with Gasteiger partial charge >= 0.3 is 6.18 Å². The van der Waals surface area contributed by atoms with E-state index in [1.165, 1.54) is 6.07 Å². The minimum atomic E-state index is -4.39. The fourth-order valence-corrected chi connectivity index (χ4v) is 4.12. The molecular weight excluding hydrogens is 397 g/mol. The molecule has 6 nitrogen and oxygen atoms in total. The van der Waals surface area contributed by atoms with Crippen LogP contribution >= 0.6 is 0 Å². The summed E-state index contributed by atoms with van der Waals surface area (Å²) in [5.74, 6) is 1.39. The average molecular weight is 420 g/mol. The van der Waals surface area contributed by atoms with E-state index in [1.807, 2.05) is 11.8 Å². The lowest BCUT2D eigenvalue weighted by Crippen LogP contribution is -2.34. The molecule has 0 radical (unpaired) electrons. The minimum absolute atomic E-state index is 0.143. The van der Waals surface area contributed by atoms with Gasteiger partial charge in [-0.15, -0.1) is 0 Å². The van der Waals surface area contributed by atoms with Crippen molar-refractivity contribution in [3.63, 3.8) is 0 Å². The van der Waals surface area contributed by atoms with Gasteiger partial charge in [0.15, 0.2) is 11.4 Å². The summed E-state index contributed by atoms with van der Waals surface area (Å²) < 4.78 is 43.9. The van der Waals surface area contributed by atoms with Gasteiger partial charge in [-0.3, -0.25) is 4.79 Å². The van der Waals surface area contributed by atoms with E-state index in [2.05, 4.69) is 9.97 Å². The summed E-state index contributed by atoms with van der Waals surface area (Å²) in [6.45, 7) is 5.01. The third-order valence-electron chi connectivity index (χ3n) is 5.61. The number of likely N-dealkylation sites (tertiary alicyclic amines) is 1. The molecule has 30 heavy (non-hydrogen) atoms. The van der Waals surface area contributed by atoms with Crippen LogP contribution in [0.15, 0.2) is 36.7 Å². The van der Waals surface area contributed by atoms with Gasteiger partial charge in [0.25, 0.3) is 5.91 Å². The standard InChI is InChI=1S/C21H23F3N4O2/c1-2-8-30-17-4-3-7-25-19(17)20(29)28-12-14-10-27(11-15(14)13-28)18-6-5-16(9-26-18)21(22,23)24/h3-7,9,14-15H,2,8,10-13H2,1H3. The zero-order valence-corrected chi connectivity index (χ0v) is 16.6. The topological polar surface area (TPSA) is 58.6 Å². The number of alkyl halides is 3. The van der Waals surface area contributed by atoms with Crippen molar-refractivity contribution in [2.45, 2.75) is 19.5 Å². The van der Waals surface area contributed by atoms with E-state index < -0.39 is 11.7 Å². The number of amides is 1. The summed E-state index contributed by atoms with van der Waals surface area (Å²) in [6, 6.07) is 5.98. The highest BCUT2D eigenvalue weighted by Crippen LogP contribution is 2.35. The Bertz CT molecular complexity index is 890. The Morgan fingerprint density at radius 1 is 1.13 bits per heavy atom. The third kappa shape index (κ3) is 4.06. The van der Waals surface area contributed by atoms with Crippen molar-refractivity contribution in [1.29, 1.82) is 0 Å². The Kier molecular flexibility index (Phi) is 5.53. The summed E-state index contributed by atoms with van der Waals surface area (Å²) >= 11 is 0. The van der Waals surface area contributed by atoms with E-state index in [1.54, 1.807) is 23.2 Å². The summed E-state index contributed by atoms with van der Waals surface area (Å²) in [7, 11) is 0. The van der Waals surface area contributed by atoms with Gasteiger partial charge in [0, 0.05) is 50.4 Å². The monoisotopic (exact) mass is 420 g/mol. The molecule has 2 atom stereocenters. The molecule has 1 amide bonds. The lowest BCUT2D eigenvalue weighted by atomic mass is 10.0. The van der Waals surface area contributed by atoms with Gasteiger partial charge in [-0.2, -0.15) is 13.2 Å². The first-order valence-electron chi connectivity index (χ1n) is 10.0. The van der Waals surface area contributed by atoms with Gasteiger partial charge in [-0.05, 0) is 30.7 Å². The van der Waals surface area contributed by atoms with Crippen molar-refractivity contribution in [3.8, 4) is 5.75 Å². The minimum Gasteiger partial charge on any atom is -0.491 e. The van der Waals surface area contributed by atoms with Crippen LogP contribution in [0.3, 0.4) is 0 Å². The normalized spacial score (nSPS) is 21.1. The second-order valence-corrected chi connectivity index (χ2v) is 7.74. The van der Waals surface area contributed by atoms with Crippen molar-refractivity contribution < 1.29 is 22.7 Å². The molecule has 0 saturated carbocycles. The molecule has 2 aliphatic heterocycles. The predicted molar refractivity (Wildman–Crippen MR) is 104 cm³/mol. The summed E-state index contributed by atoms with van der Waals surface area (Å²) in [6.07, 6.45) is -1.09. The number of pyridine rings is 2. The molecule has 2 fully saturated rings. The van der Waals surface area contributed by atoms with E-state index in [0.29, 0.717) is 50.0 Å². The molecular formula is C21H23F3N4O2. The number of nitrogens with zero attached hydrogens (tertiary/aromatic N) is 4. The van der Waals surface area contributed by atoms with Crippen LogP contribution in [0.5, 0.6) is 5.75 Å². The molecule has 160 valence electrons. The van der Waals surface area contributed by atoms with Gasteiger partial charge in [0.1, 0.15) is 5.82 Å². The Balaban J connectivity index is 1.40. The largest absolute Gasteiger partial charge is 0.491 e. The van der Waals surface area contributed by atoms with E-state index in [9.17, 15) is 18.0 Å². The van der Waals surface area contributed by atoms with Crippen LogP contribution < -0.4 is 9.64 Å². The van der Waals surface area contributed by atoms with Gasteiger partial charge < -0.3 is 14.5 Å². The lowest BCUT2D eigenvalue weighted by molar-refractivity contribution is -0.137. The number of carbonyl (C=O) groups is 1. The smallest absolute Gasteiger partial charge is 0.417 e. The number of anilines is 1. The first-order valence-corrected chi connectivity index (χ1v) is 10.0. The maximum absolute atomic E-state index is 13.0. The van der Waals surface area contributed by atoms with Gasteiger partial charge in [-0.25, -0.2) is 9.97 Å². The van der Waals surface area contributed by atoms with Crippen LogP contribution in [0.4, 0.5) is 19.0 Å². The molecule has 0 spiro atoms. The van der Waals surface area contributed by atoms with Crippen molar-refractivity contribution in [1.82, 2.24) is 14.9 Å². The van der Waals surface area contributed by atoms with E-state index in [0.717, 1.165) is 18.7 Å². The number of aromatic nitrogens is 2. The van der Waals surface area contributed by atoms with Gasteiger partial charge in [0.05, 0.1) is 12.2 Å². The zero-order valence-electron chi connectivity index (χ0n) is 16.6. The Labute approximate surface area is 172 Å². The molecule has 2 aromatic rings. The summed E-state index contributed by atoms with van der Waals surface area (Å²) in [5.41, 5.74) is -0.425. The quantitative estimate of drug-likeness (QED) is 0.741. The average Bonchev–Trinajstić information content (AvgIpc) is 3.31. The van der Waals surface area contributed by atoms with Crippen LogP contribution in [-0.4, -0.2) is 53.6 Å². The van der Waals surface area contributed by atoms with Crippen molar-refractivity contribution in [2.75, 3.05) is 37.7 Å². The number of hydrogen-bond donors (Lipinski definition) is 0. The van der Waals surface area contributed by atoms with E-state index >= 15 is 0 Å². The summed E-state index contributed by atoms with van der Waals surface area (Å²) in [4.78, 5) is 25.0. The van der Waals surface area contributed by atoms with E-state index in [-0.39, 0.29) is 17.7 Å². The molecule has 2 saturated heterocycles. The highest BCUT2D eigenvalue weighted by molar-refractivity contribution is 5.95. The maximum atomic E-state index is 13.0. The maximum Gasteiger partial charge on any atom is 0.417 e. The molecule has 2 unspecified atom stereocenters. The fourth-order valence-electron chi connectivity index (χ4n) is 4.12. The van der Waals surface area contributed by atoms with Crippen LogP contribution in [0.1, 0.15) is 29.4 Å². The van der Waals surface area contributed by atoms with Crippen LogP contribution in [0, 0.1) is 11.8 Å². The fraction of sp³-hybridized carbons (Fsp3) is 0.476. The number of halogens is 3. The van der Waals surface area contributed by atoms with Crippen LogP contribution in [-0.2, 0) is 6.18 Å². The van der Waals surface area contributed by atoms with Crippen molar-refractivity contribution in [2.24, 2.45) is 11.8 Å². The Morgan fingerprint density at radius 3 is 2.47 bits per heavy atom. The summed E-state index contributed by atoms with van der Waals surface area (Å²) in [5, 5.41) is 0. The molecule has 2 aliphatic rings. The van der Waals surface area contributed by atoms with Gasteiger partial charge in [-0.1, -0.05) is 6.92 Å². The number of hydrogen-bond acceptors (Lipinski definition) is 5. The van der Waals surface area contributed by atoms with Crippen LogP contribution in [0.25, 0.3) is 0 Å².